The highest BCUT2D eigenvalue weighted by Crippen LogP contribution is 2.65. The smallest absolute Gasteiger partial charge is 0.311 e. The third kappa shape index (κ3) is 2.48. The molecule has 0 spiro atoms. The van der Waals surface area contributed by atoms with Gasteiger partial charge in [0.1, 0.15) is 0 Å². The lowest BCUT2D eigenvalue weighted by molar-refractivity contribution is -0.228. The molecule has 0 radical (unpaired) electrons. The number of esters is 1. The fourth-order valence-corrected chi connectivity index (χ4v) is 5.75. The average Bonchev–Trinajstić information content (AvgIpc) is 2.35. The van der Waals surface area contributed by atoms with Crippen molar-refractivity contribution in [2.24, 2.45) is 11.3 Å². The lowest BCUT2D eigenvalue weighted by Crippen LogP contribution is -2.71. The third-order valence-corrected chi connectivity index (χ3v) is 11.0. The van der Waals surface area contributed by atoms with E-state index in [1.165, 1.54) is 20.0 Å². The van der Waals surface area contributed by atoms with Gasteiger partial charge in [-0.15, -0.1) is 0 Å². The molecule has 0 heterocycles. The summed E-state index contributed by atoms with van der Waals surface area (Å²) in [6, 6.07) is 0. The van der Waals surface area contributed by atoms with E-state index in [2.05, 4.69) is 40.8 Å². The van der Waals surface area contributed by atoms with E-state index in [1.54, 1.807) is 0 Å². The Balaban J connectivity index is 2.35. The first kappa shape index (κ1) is 17.0. The summed E-state index contributed by atoms with van der Waals surface area (Å²) in [4.78, 5) is 12.2. The molecule has 0 saturated heterocycles. The molecule has 0 aliphatic heterocycles. The van der Waals surface area contributed by atoms with Crippen LogP contribution in [0, 0.1) is 11.3 Å². The van der Waals surface area contributed by atoms with Crippen LogP contribution in [0.1, 0.15) is 59.8 Å². The van der Waals surface area contributed by atoms with Crippen LogP contribution in [-0.2, 0) is 14.0 Å². The molecule has 0 amide bonds. The molecule has 3 atom stereocenters. The van der Waals surface area contributed by atoms with Crippen LogP contribution in [0.4, 0.5) is 0 Å². The first-order valence-electron chi connectivity index (χ1n) is 8.27. The Labute approximate surface area is 130 Å². The van der Waals surface area contributed by atoms with E-state index < -0.39 is 8.32 Å². The Morgan fingerprint density at radius 3 is 2.24 bits per heavy atom. The molecule has 2 aliphatic rings. The fraction of sp³-hybridized carbons (Fsp3) is 0.941. The van der Waals surface area contributed by atoms with E-state index >= 15 is 0 Å². The molecule has 2 rings (SSSR count). The van der Waals surface area contributed by atoms with E-state index in [9.17, 15) is 4.79 Å². The number of hydrogen-bond donors (Lipinski definition) is 0. The number of rotatable bonds is 3. The first-order valence-corrected chi connectivity index (χ1v) is 11.2. The molecular formula is C17H32O3Si. The highest BCUT2D eigenvalue weighted by molar-refractivity contribution is 6.74. The van der Waals surface area contributed by atoms with E-state index in [-0.39, 0.29) is 27.9 Å². The van der Waals surface area contributed by atoms with Crippen molar-refractivity contribution in [3.63, 3.8) is 0 Å². The van der Waals surface area contributed by atoms with E-state index in [1.807, 2.05) is 0 Å². The minimum absolute atomic E-state index is 0.0677. The van der Waals surface area contributed by atoms with Gasteiger partial charge in [-0.25, -0.2) is 0 Å². The van der Waals surface area contributed by atoms with Gasteiger partial charge in [-0.3, -0.25) is 4.79 Å². The largest absolute Gasteiger partial charge is 0.469 e. The highest BCUT2D eigenvalue weighted by atomic mass is 28.4. The number of carbonyl (C=O) groups is 1. The van der Waals surface area contributed by atoms with Crippen LogP contribution in [0.25, 0.3) is 0 Å². The summed E-state index contributed by atoms with van der Waals surface area (Å²) >= 11 is 0. The maximum Gasteiger partial charge on any atom is 0.311 e. The van der Waals surface area contributed by atoms with Crippen LogP contribution in [0.3, 0.4) is 0 Å². The van der Waals surface area contributed by atoms with Gasteiger partial charge in [0.15, 0.2) is 8.32 Å². The minimum Gasteiger partial charge on any atom is -0.469 e. The maximum atomic E-state index is 12.2. The molecule has 122 valence electrons. The van der Waals surface area contributed by atoms with Crippen molar-refractivity contribution in [3.05, 3.63) is 0 Å². The molecule has 0 aromatic heterocycles. The lowest BCUT2D eigenvalue weighted by Gasteiger charge is -2.66. The molecular weight excluding hydrogens is 280 g/mol. The van der Waals surface area contributed by atoms with Gasteiger partial charge in [-0.2, -0.15) is 0 Å². The number of hydrogen-bond acceptors (Lipinski definition) is 3. The van der Waals surface area contributed by atoms with Crippen LogP contribution in [0.15, 0.2) is 0 Å². The molecule has 2 saturated carbocycles. The molecule has 3 nitrogen and oxygen atoms in total. The van der Waals surface area contributed by atoms with Crippen molar-refractivity contribution in [1.82, 2.24) is 0 Å². The molecule has 0 aromatic rings. The topological polar surface area (TPSA) is 35.5 Å². The Bertz CT molecular complexity index is 426. The summed E-state index contributed by atoms with van der Waals surface area (Å²) in [7, 11) is -0.410. The van der Waals surface area contributed by atoms with Crippen molar-refractivity contribution < 1.29 is 14.0 Å². The van der Waals surface area contributed by atoms with Gasteiger partial charge in [0, 0.05) is 0 Å². The SMILES string of the molecule is COC(=O)[C@@H]1C[C@]2(C)CCCC[C@]12O[Si](C)(C)C(C)(C)C. The second kappa shape index (κ2) is 5.09. The van der Waals surface area contributed by atoms with Crippen molar-refractivity contribution in [3.8, 4) is 0 Å². The second-order valence-corrected chi connectivity index (χ2v) is 13.5. The van der Waals surface area contributed by atoms with Crippen molar-refractivity contribution in [2.45, 2.75) is 83.5 Å². The zero-order valence-electron chi connectivity index (χ0n) is 14.8. The van der Waals surface area contributed by atoms with Crippen molar-refractivity contribution >= 4 is 14.3 Å². The molecule has 0 unspecified atom stereocenters. The average molecular weight is 313 g/mol. The summed E-state index contributed by atoms with van der Waals surface area (Å²) in [6.45, 7) is 13.7. The predicted molar refractivity (Wildman–Crippen MR) is 87.7 cm³/mol. The zero-order valence-corrected chi connectivity index (χ0v) is 15.8. The number of ether oxygens (including phenoxy) is 1. The fourth-order valence-electron chi connectivity index (χ4n) is 4.04. The van der Waals surface area contributed by atoms with Crippen molar-refractivity contribution in [2.75, 3.05) is 7.11 Å². The normalized spacial score (nSPS) is 36.6. The summed E-state index contributed by atoms with van der Waals surface area (Å²) in [5.74, 6) is -0.144. The molecule has 0 bridgehead atoms. The van der Waals surface area contributed by atoms with Crippen LogP contribution in [0.2, 0.25) is 18.1 Å². The number of fused-ring (bicyclic) bond motifs is 1. The van der Waals surface area contributed by atoms with Gasteiger partial charge >= 0.3 is 5.97 Å². The Morgan fingerprint density at radius 2 is 1.76 bits per heavy atom. The number of carbonyl (C=O) groups excluding carboxylic acids is 1. The Kier molecular flexibility index (Phi) is 4.12. The van der Waals surface area contributed by atoms with Crippen LogP contribution >= 0.6 is 0 Å². The van der Waals surface area contributed by atoms with Crippen LogP contribution in [-0.4, -0.2) is 27.0 Å². The summed E-state index contributed by atoms with van der Waals surface area (Å²) in [5, 5.41) is 0.163. The van der Waals surface area contributed by atoms with Gasteiger partial charge in [-0.1, -0.05) is 40.5 Å². The van der Waals surface area contributed by atoms with E-state index in [4.69, 9.17) is 9.16 Å². The summed E-state index contributed by atoms with van der Waals surface area (Å²) < 4.78 is 12.0. The van der Waals surface area contributed by atoms with Crippen LogP contribution in [0.5, 0.6) is 0 Å². The van der Waals surface area contributed by atoms with E-state index in [0.717, 1.165) is 19.3 Å². The third-order valence-electron chi connectivity index (χ3n) is 6.50. The van der Waals surface area contributed by atoms with Gasteiger partial charge in [0.2, 0.25) is 0 Å². The van der Waals surface area contributed by atoms with Gasteiger partial charge in [0.25, 0.3) is 0 Å². The lowest BCUT2D eigenvalue weighted by atomic mass is 9.46. The standard InChI is InChI=1S/C17H32O3Si/c1-15(2,3)21(6,7)20-17-11-9-8-10-16(17,4)12-13(17)14(18)19-5/h13H,8-12H2,1-7H3/t13-,16-,17-/m0/s1. The minimum atomic E-state index is -1.91. The molecule has 2 aliphatic carbocycles. The second-order valence-electron chi connectivity index (χ2n) is 8.80. The molecule has 21 heavy (non-hydrogen) atoms. The monoisotopic (exact) mass is 312 g/mol. The maximum absolute atomic E-state index is 12.2. The molecule has 0 aromatic carbocycles. The molecule has 0 N–H and O–H groups in total. The number of methoxy groups -OCH3 is 1. The van der Waals surface area contributed by atoms with Gasteiger partial charge in [0.05, 0.1) is 18.6 Å². The van der Waals surface area contributed by atoms with Gasteiger partial charge in [-0.05, 0) is 42.8 Å². The highest BCUT2D eigenvalue weighted by Gasteiger charge is 2.68. The summed E-state index contributed by atoms with van der Waals surface area (Å²) in [5.41, 5.74) is -0.124. The summed E-state index contributed by atoms with van der Waals surface area (Å²) in [6.07, 6.45) is 5.53. The van der Waals surface area contributed by atoms with Crippen molar-refractivity contribution in [1.29, 1.82) is 0 Å². The van der Waals surface area contributed by atoms with E-state index in [0.29, 0.717) is 0 Å². The quantitative estimate of drug-likeness (QED) is 0.568. The predicted octanol–water partition coefficient (Wildman–Crippen LogP) is 4.52. The Morgan fingerprint density at radius 1 is 1.19 bits per heavy atom. The molecule has 2 fully saturated rings. The zero-order chi connectivity index (χ0) is 16.1. The van der Waals surface area contributed by atoms with Gasteiger partial charge < -0.3 is 9.16 Å². The first-order chi connectivity index (χ1) is 9.49. The Hall–Kier alpha value is -0.353. The molecule has 4 heteroatoms. The van der Waals surface area contributed by atoms with Crippen LogP contribution < -0.4 is 0 Å².